The van der Waals surface area contributed by atoms with Crippen LogP contribution in [-0.2, 0) is 4.79 Å². The maximum Gasteiger partial charge on any atom is 0.342 e. The number of nitrogens with zero attached hydrogens (tertiary/aromatic N) is 2. The van der Waals surface area contributed by atoms with Gasteiger partial charge in [-0.15, -0.1) is 10.2 Å². The zero-order valence-electron chi connectivity index (χ0n) is 14.5. The minimum atomic E-state index is -1.23. The van der Waals surface area contributed by atoms with E-state index in [0.29, 0.717) is 24.9 Å². The molecule has 0 amide bonds. The molecule has 11 heteroatoms. The van der Waals surface area contributed by atoms with Crippen LogP contribution in [0.15, 0.2) is 44.9 Å². The molecule has 0 radical (unpaired) electrons. The highest BCUT2D eigenvalue weighted by Crippen LogP contribution is 2.36. The second-order valence-corrected chi connectivity index (χ2v) is 8.49. The number of thioether (sulfide) groups is 1. The number of aliphatic carboxylic acids is 1. The van der Waals surface area contributed by atoms with Crippen molar-refractivity contribution in [1.82, 2.24) is 10.2 Å². The van der Waals surface area contributed by atoms with Crippen LogP contribution in [0, 0.1) is 3.57 Å². The normalized spacial score (nSPS) is 11.5. The Morgan fingerprint density at radius 1 is 1.24 bits per heavy atom. The van der Waals surface area contributed by atoms with Gasteiger partial charge in [-0.2, -0.15) is 0 Å². The number of benzene rings is 2. The average molecular weight is 565 g/mol. The van der Waals surface area contributed by atoms with Crippen LogP contribution in [0.1, 0.15) is 5.56 Å². The molecule has 7 nitrogen and oxygen atoms in total. The van der Waals surface area contributed by atoms with Gasteiger partial charge in [-0.1, -0.05) is 23.2 Å². The minimum absolute atomic E-state index is 0.00751. The lowest BCUT2D eigenvalue weighted by Crippen LogP contribution is -1.97. The third kappa shape index (κ3) is 5.16. The number of carboxylic acids is 1. The number of aromatic hydroxyl groups is 1. The first-order chi connectivity index (χ1) is 13.8. The van der Waals surface area contributed by atoms with Crippen LogP contribution in [0.5, 0.6) is 11.5 Å². The summed E-state index contributed by atoms with van der Waals surface area (Å²) in [4.78, 5) is 11.5. The maximum atomic E-state index is 11.7. The van der Waals surface area contributed by atoms with Crippen molar-refractivity contribution in [2.45, 2.75) is 5.22 Å². The van der Waals surface area contributed by atoms with Crippen LogP contribution in [0.25, 0.3) is 17.5 Å². The lowest BCUT2D eigenvalue weighted by atomic mass is 10.2. The van der Waals surface area contributed by atoms with Gasteiger partial charge in [0.05, 0.1) is 16.2 Å². The Hall–Kier alpha value is -1.95. The van der Waals surface area contributed by atoms with Gasteiger partial charge in [0.2, 0.25) is 0 Å². The van der Waals surface area contributed by atoms with E-state index in [1.165, 1.54) is 19.3 Å². The lowest BCUT2D eigenvalue weighted by molar-refractivity contribution is -0.131. The van der Waals surface area contributed by atoms with Crippen molar-refractivity contribution in [3.8, 4) is 23.0 Å². The van der Waals surface area contributed by atoms with Crippen LogP contribution in [0.3, 0.4) is 0 Å². The summed E-state index contributed by atoms with van der Waals surface area (Å²) in [7, 11) is 1.49. The van der Waals surface area contributed by atoms with Gasteiger partial charge < -0.3 is 19.4 Å². The molecule has 0 aliphatic carbocycles. The number of rotatable bonds is 6. The SMILES string of the molecule is COc1ccc(Cl)cc1-c1nnc(S/C(=C\c2cc(Cl)cc(I)c2O)C(=O)O)o1. The fourth-order valence-electron chi connectivity index (χ4n) is 2.27. The molecule has 1 aromatic heterocycles. The molecule has 0 atom stereocenters. The number of carbonyl (C=O) groups is 1. The average Bonchev–Trinajstić information content (AvgIpc) is 3.13. The van der Waals surface area contributed by atoms with E-state index < -0.39 is 5.97 Å². The van der Waals surface area contributed by atoms with Crippen molar-refractivity contribution in [1.29, 1.82) is 0 Å². The van der Waals surface area contributed by atoms with Gasteiger partial charge in [-0.05, 0) is 70.8 Å². The van der Waals surface area contributed by atoms with E-state index in [2.05, 4.69) is 10.2 Å². The second kappa shape index (κ2) is 9.24. The fourth-order valence-corrected chi connectivity index (χ4v) is 4.17. The molecule has 0 saturated carbocycles. The number of halogens is 3. The van der Waals surface area contributed by atoms with E-state index in [9.17, 15) is 15.0 Å². The Morgan fingerprint density at radius 2 is 2.00 bits per heavy atom. The van der Waals surface area contributed by atoms with E-state index >= 15 is 0 Å². The highest BCUT2D eigenvalue weighted by Gasteiger charge is 2.19. The quantitative estimate of drug-likeness (QED) is 0.227. The number of aromatic nitrogens is 2. The largest absolute Gasteiger partial charge is 0.506 e. The van der Waals surface area contributed by atoms with Crippen LogP contribution >= 0.6 is 57.6 Å². The molecule has 0 fully saturated rings. The maximum absolute atomic E-state index is 11.7. The minimum Gasteiger partial charge on any atom is -0.506 e. The molecule has 150 valence electrons. The molecular weight excluding hydrogens is 554 g/mol. The van der Waals surface area contributed by atoms with Crippen molar-refractivity contribution in [3.63, 3.8) is 0 Å². The number of carboxylic acid groups (broad SMARTS) is 1. The summed E-state index contributed by atoms with van der Waals surface area (Å²) in [6.45, 7) is 0. The van der Waals surface area contributed by atoms with Gasteiger partial charge in [-0.25, -0.2) is 4.79 Å². The van der Waals surface area contributed by atoms with Crippen molar-refractivity contribution >= 4 is 69.6 Å². The van der Waals surface area contributed by atoms with Crippen LogP contribution < -0.4 is 4.74 Å². The van der Waals surface area contributed by atoms with Crippen molar-refractivity contribution in [2.75, 3.05) is 7.11 Å². The second-order valence-electron chi connectivity index (χ2n) is 5.46. The molecule has 0 saturated heterocycles. The number of methoxy groups -OCH3 is 1. The summed E-state index contributed by atoms with van der Waals surface area (Å²) in [5.74, 6) is -0.715. The third-order valence-corrected chi connectivity index (χ3v) is 5.68. The summed E-state index contributed by atoms with van der Waals surface area (Å²) in [5.41, 5.74) is 0.727. The molecule has 29 heavy (non-hydrogen) atoms. The standard InChI is InChI=1S/C18H11Cl2IN2O5S/c1-27-13-3-2-9(19)6-11(13)16-22-23-18(28-16)29-14(17(25)26)5-8-4-10(20)7-12(21)15(8)24/h2-7,24H,1H3,(H,25,26)/b14-5-. The van der Waals surface area contributed by atoms with E-state index in [-0.39, 0.29) is 27.3 Å². The fraction of sp³-hybridized carbons (Fsp3) is 0.0556. The predicted octanol–water partition coefficient (Wildman–Crippen LogP) is 5.58. The van der Waals surface area contributed by atoms with E-state index in [0.717, 1.165) is 11.8 Å². The van der Waals surface area contributed by atoms with Gasteiger partial charge in [-0.3, -0.25) is 0 Å². The number of phenolic OH excluding ortho intramolecular Hbond substituents is 1. The van der Waals surface area contributed by atoms with E-state index in [1.807, 2.05) is 22.6 Å². The monoisotopic (exact) mass is 564 g/mol. The Labute approximate surface area is 192 Å². The highest BCUT2D eigenvalue weighted by atomic mass is 127. The Kier molecular flexibility index (Phi) is 6.93. The molecule has 2 N–H and O–H groups in total. The molecule has 0 aliphatic heterocycles. The third-order valence-electron chi connectivity index (χ3n) is 3.55. The Morgan fingerprint density at radius 3 is 2.69 bits per heavy atom. The molecule has 3 aromatic rings. The zero-order chi connectivity index (χ0) is 21.1. The van der Waals surface area contributed by atoms with E-state index in [4.69, 9.17) is 32.4 Å². The molecule has 0 unspecified atom stereocenters. The van der Waals surface area contributed by atoms with Gasteiger partial charge in [0.1, 0.15) is 16.4 Å². The first-order valence-corrected chi connectivity index (χ1v) is 10.4. The van der Waals surface area contributed by atoms with Crippen molar-refractivity contribution in [2.24, 2.45) is 0 Å². The zero-order valence-corrected chi connectivity index (χ0v) is 19.0. The molecule has 1 heterocycles. The Bertz CT molecular complexity index is 1120. The highest BCUT2D eigenvalue weighted by molar-refractivity contribution is 14.1. The summed E-state index contributed by atoms with van der Waals surface area (Å²) in [6.07, 6.45) is 1.28. The molecule has 0 spiro atoms. The van der Waals surface area contributed by atoms with Crippen molar-refractivity contribution < 1.29 is 24.2 Å². The molecule has 0 bridgehead atoms. The van der Waals surface area contributed by atoms with Crippen LogP contribution in [0.2, 0.25) is 10.0 Å². The van der Waals surface area contributed by atoms with Crippen LogP contribution in [0.4, 0.5) is 0 Å². The molecule has 0 aliphatic rings. The predicted molar refractivity (Wildman–Crippen MR) is 119 cm³/mol. The van der Waals surface area contributed by atoms with Crippen molar-refractivity contribution in [3.05, 3.63) is 54.4 Å². The summed E-state index contributed by atoms with van der Waals surface area (Å²) < 4.78 is 11.3. The van der Waals surface area contributed by atoms with E-state index in [1.54, 1.807) is 24.3 Å². The number of ether oxygens (including phenoxy) is 1. The molecular formula is C18H11Cl2IN2O5S. The van der Waals surface area contributed by atoms with Gasteiger partial charge in [0.25, 0.3) is 11.1 Å². The first-order valence-electron chi connectivity index (χ1n) is 7.76. The summed E-state index contributed by atoms with van der Waals surface area (Å²) >= 11 is 14.6. The number of hydrogen-bond donors (Lipinski definition) is 2. The van der Waals surface area contributed by atoms with Gasteiger partial charge in [0, 0.05) is 15.6 Å². The molecule has 2 aromatic carbocycles. The summed E-state index contributed by atoms with van der Waals surface area (Å²) in [5, 5.41) is 28.3. The number of phenols is 1. The van der Waals surface area contributed by atoms with Crippen LogP contribution in [-0.4, -0.2) is 33.5 Å². The number of hydrogen-bond acceptors (Lipinski definition) is 7. The van der Waals surface area contributed by atoms with Gasteiger partial charge in [0.15, 0.2) is 0 Å². The van der Waals surface area contributed by atoms with Gasteiger partial charge >= 0.3 is 5.97 Å². The first kappa shape index (κ1) is 21.8. The Balaban J connectivity index is 1.95. The smallest absolute Gasteiger partial charge is 0.342 e. The summed E-state index contributed by atoms with van der Waals surface area (Å²) in [6, 6.07) is 7.92. The topological polar surface area (TPSA) is 106 Å². The molecule has 3 rings (SSSR count). The lowest BCUT2D eigenvalue weighted by Gasteiger charge is -2.05.